The van der Waals surface area contributed by atoms with Gasteiger partial charge in [0.15, 0.2) is 0 Å². The van der Waals surface area contributed by atoms with Crippen LogP contribution in [0.3, 0.4) is 0 Å². The summed E-state index contributed by atoms with van der Waals surface area (Å²) in [5, 5.41) is 3.57. The lowest BCUT2D eigenvalue weighted by atomic mass is 9.69. The summed E-state index contributed by atoms with van der Waals surface area (Å²) >= 11 is 0. The third kappa shape index (κ3) is 3.10. The maximum atomic E-state index is 6.26. The fraction of sp³-hybridized carbons (Fsp3) is 0.0909. The van der Waals surface area contributed by atoms with Crippen LogP contribution < -0.4 is 10.1 Å². The number of fused-ring (bicyclic) bond motifs is 7. The molecule has 0 amide bonds. The van der Waals surface area contributed by atoms with Crippen LogP contribution in [0.4, 0.5) is 11.4 Å². The smallest absolute Gasteiger partial charge is 0.125 e. The van der Waals surface area contributed by atoms with Crippen LogP contribution in [0.2, 0.25) is 0 Å². The van der Waals surface area contributed by atoms with Gasteiger partial charge in [0.1, 0.15) is 5.75 Å². The highest BCUT2D eigenvalue weighted by molar-refractivity contribution is 5.84. The van der Waals surface area contributed by atoms with Crippen molar-refractivity contribution < 1.29 is 4.74 Å². The molecule has 0 bridgehead atoms. The number of anilines is 2. The van der Waals surface area contributed by atoms with E-state index < -0.39 is 0 Å². The Morgan fingerprint density at radius 2 is 1.14 bits per heavy atom. The van der Waals surface area contributed by atoms with Gasteiger partial charge < -0.3 is 10.1 Å². The van der Waals surface area contributed by atoms with E-state index >= 15 is 0 Å². The van der Waals surface area contributed by atoms with Crippen LogP contribution in [0.25, 0.3) is 22.3 Å². The monoisotopic (exact) mass is 451 g/mol. The summed E-state index contributed by atoms with van der Waals surface area (Å²) in [5.74, 6) is 0.966. The number of benzene rings is 5. The molecule has 2 aliphatic rings. The van der Waals surface area contributed by atoms with Gasteiger partial charge in [-0.1, -0.05) is 97.1 Å². The summed E-state index contributed by atoms with van der Waals surface area (Å²) in [6.45, 7) is 0.699. The van der Waals surface area contributed by atoms with Gasteiger partial charge in [0, 0.05) is 23.0 Å². The van der Waals surface area contributed by atoms with Gasteiger partial charge in [-0.2, -0.15) is 0 Å². The zero-order chi connectivity index (χ0) is 23.2. The zero-order valence-corrected chi connectivity index (χ0v) is 19.4. The highest BCUT2D eigenvalue weighted by Crippen LogP contribution is 2.57. The molecule has 0 saturated heterocycles. The molecule has 5 aromatic carbocycles. The molecule has 168 valence electrons. The summed E-state index contributed by atoms with van der Waals surface area (Å²) in [5.41, 5.74) is 11.1. The van der Waals surface area contributed by atoms with Gasteiger partial charge in [0.25, 0.3) is 0 Å². The van der Waals surface area contributed by atoms with Crippen LogP contribution in [0.5, 0.6) is 5.75 Å². The molecule has 0 saturated carbocycles. The Balaban J connectivity index is 1.25. The van der Waals surface area contributed by atoms with Crippen LogP contribution in [0.15, 0.2) is 121 Å². The van der Waals surface area contributed by atoms with Gasteiger partial charge in [-0.25, -0.2) is 0 Å². The molecule has 1 aliphatic carbocycles. The summed E-state index contributed by atoms with van der Waals surface area (Å²) in [6.07, 6.45) is 0.946. The lowest BCUT2D eigenvalue weighted by Crippen LogP contribution is -2.33. The molecule has 2 heteroatoms. The van der Waals surface area contributed by atoms with Crippen LogP contribution in [-0.4, -0.2) is 6.61 Å². The van der Waals surface area contributed by atoms with Crippen LogP contribution in [0, 0.1) is 0 Å². The SMILES string of the molecule is c1ccc(-c2ccc(Nc3ccc4c(c3)OCCC43c4ccccc4-c4ccccc43)cc2)cc1. The Kier molecular flexibility index (Phi) is 4.53. The quantitative estimate of drug-likeness (QED) is 0.298. The average Bonchev–Trinajstić information content (AvgIpc) is 3.20. The van der Waals surface area contributed by atoms with Crippen molar-refractivity contribution in [2.75, 3.05) is 11.9 Å². The van der Waals surface area contributed by atoms with Crippen LogP contribution >= 0.6 is 0 Å². The van der Waals surface area contributed by atoms with Crippen molar-refractivity contribution in [3.8, 4) is 28.0 Å². The minimum absolute atomic E-state index is 0.156. The highest BCUT2D eigenvalue weighted by Gasteiger charge is 2.47. The van der Waals surface area contributed by atoms with Crippen molar-refractivity contribution in [3.05, 3.63) is 138 Å². The molecule has 0 aromatic heterocycles. The van der Waals surface area contributed by atoms with Crippen molar-refractivity contribution in [3.63, 3.8) is 0 Å². The summed E-state index contributed by atoms with van der Waals surface area (Å²) in [7, 11) is 0. The van der Waals surface area contributed by atoms with Gasteiger partial charge in [0.05, 0.1) is 12.0 Å². The Hall–Kier alpha value is -4.30. The lowest BCUT2D eigenvalue weighted by molar-refractivity contribution is 0.254. The van der Waals surface area contributed by atoms with Crippen molar-refractivity contribution >= 4 is 11.4 Å². The predicted octanol–water partition coefficient (Wildman–Crippen LogP) is 8.19. The molecule has 35 heavy (non-hydrogen) atoms. The van der Waals surface area contributed by atoms with Crippen molar-refractivity contribution in [2.45, 2.75) is 11.8 Å². The fourth-order valence-electron chi connectivity index (χ4n) is 5.95. The second-order valence-corrected chi connectivity index (χ2v) is 9.37. The number of rotatable bonds is 3. The molecular formula is C33H25NO. The number of nitrogens with one attached hydrogen (secondary N) is 1. The Labute approximate surface area is 205 Å². The predicted molar refractivity (Wildman–Crippen MR) is 143 cm³/mol. The largest absolute Gasteiger partial charge is 0.493 e. The second-order valence-electron chi connectivity index (χ2n) is 9.37. The first-order chi connectivity index (χ1) is 17.3. The first-order valence-corrected chi connectivity index (χ1v) is 12.2. The fourth-order valence-corrected chi connectivity index (χ4v) is 5.95. The number of ether oxygens (including phenoxy) is 1. The number of hydrogen-bond donors (Lipinski definition) is 1. The van der Waals surface area contributed by atoms with E-state index in [0.717, 1.165) is 23.5 Å². The second kappa shape index (κ2) is 7.89. The van der Waals surface area contributed by atoms with Gasteiger partial charge in [-0.05, 0) is 58.0 Å². The average molecular weight is 452 g/mol. The lowest BCUT2D eigenvalue weighted by Gasteiger charge is -2.38. The molecule has 1 N–H and O–H groups in total. The van der Waals surface area contributed by atoms with E-state index in [2.05, 4.69) is 121 Å². The molecule has 7 rings (SSSR count). The van der Waals surface area contributed by atoms with E-state index in [1.54, 1.807) is 0 Å². The topological polar surface area (TPSA) is 21.3 Å². The molecule has 0 unspecified atom stereocenters. The van der Waals surface area contributed by atoms with E-state index in [4.69, 9.17) is 4.74 Å². The van der Waals surface area contributed by atoms with E-state index in [0.29, 0.717) is 6.61 Å². The van der Waals surface area contributed by atoms with Crippen LogP contribution in [-0.2, 0) is 5.41 Å². The molecule has 1 spiro atoms. The first-order valence-electron chi connectivity index (χ1n) is 12.2. The summed E-state index contributed by atoms with van der Waals surface area (Å²) in [4.78, 5) is 0. The minimum Gasteiger partial charge on any atom is -0.493 e. The van der Waals surface area contributed by atoms with Crippen LogP contribution in [0.1, 0.15) is 23.1 Å². The van der Waals surface area contributed by atoms with Gasteiger partial charge in [-0.3, -0.25) is 0 Å². The summed E-state index contributed by atoms with van der Waals surface area (Å²) < 4.78 is 6.26. The third-order valence-electron chi connectivity index (χ3n) is 7.52. The molecule has 2 nitrogen and oxygen atoms in total. The van der Waals surface area contributed by atoms with E-state index in [1.807, 2.05) is 6.07 Å². The third-order valence-corrected chi connectivity index (χ3v) is 7.52. The minimum atomic E-state index is -0.156. The van der Waals surface area contributed by atoms with Gasteiger partial charge >= 0.3 is 0 Å². The zero-order valence-electron chi connectivity index (χ0n) is 19.4. The summed E-state index contributed by atoms with van der Waals surface area (Å²) in [6, 6.07) is 43.4. The molecule has 0 fully saturated rings. The molecule has 0 atom stereocenters. The Morgan fingerprint density at radius 1 is 0.543 bits per heavy atom. The van der Waals surface area contributed by atoms with E-state index in [9.17, 15) is 0 Å². The van der Waals surface area contributed by atoms with E-state index in [-0.39, 0.29) is 5.41 Å². The standard InChI is InChI=1S/C33H25NO/c1-2-8-23(9-3-1)24-14-16-25(17-15-24)34-26-18-19-31-32(22-26)35-21-20-33(31)29-12-6-4-10-27(29)28-11-5-7-13-30(28)33/h1-19,22,34H,20-21H2. The highest BCUT2D eigenvalue weighted by atomic mass is 16.5. The van der Waals surface area contributed by atoms with Crippen molar-refractivity contribution in [1.29, 1.82) is 0 Å². The Bertz CT molecular complexity index is 1490. The Morgan fingerprint density at radius 3 is 1.86 bits per heavy atom. The van der Waals surface area contributed by atoms with Crippen molar-refractivity contribution in [2.24, 2.45) is 0 Å². The normalized spacial score (nSPS) is 14.5. The molecular weight excluding hydrogens is 426 g/mol. The maximum Gasteiger partial charge on any atom is 0.125 e. The molecule has 1 aliphatic heterocycles. The molecule has 1 heterocycles. The van der Waals surface area contributed by atoms with E-state index in [1.165, 1.54) is 38.9 Å². The van der Waals surface area contributed by atoms with Crippen molar-refractivity contribution in [1.82, 2.24) is 0 Å². The first kappa shape index (κ1) is 20.1. The molecule has 5 aromatic rings. The van der Waals surface area contributed by atoms with Gasteiger partial charge in [0.2, 0.25) is 0 Å². The van der Waals surface area contributed by atoms with Gasteiger partial charge in [-0.15, -0.1) is 0 Å². The number of hydrogen-bond acceptors (Lipinski definition) is 2. The maximum absolute atomic E-state index is 6.26. The molecule has 0 radical (unpaired) electrons.